The molecule has 0 heterocycles. The Hall–Kier alpha value is -2.37. The summed E-state index contributed by atoms with van der Waals surface area (Å²) in [4.78, 5) is 37.6. The molecular weight excluding hydrogens is 310 g/mol. The Morgan fingerprint density at radius 2 is 1.58 bits per heavy atom. The number of para-hydroxylation sites is 1. The van der Waals surface area contributed by atoms with Gasteiger partial charge in [0.2, 0.25) is 5.91 Å². The summed E-state index contributed by atoms with van der Waals surface area (Å²) in [6.45, 7) is 7.30. The van der Waals surface area contributed by atoms with Gasteiger partial charge in [0.05, 0.1) is 13.2 Å². The van der Waals surface area contributed by atoms with Gasteiger partial charge in [-0.2, -0.15) is 0 Å². The topological polar surface area (TPSA) is 72.9 Å². The fourth-order valence-electron chi connectivity index (χ4n) is 2.39. The van der Waals surface area contributed by atoms with Crippen molar-refractivity contribution in [2.45, 2.75) is 34.1 Å². The van der Waals surface area contributed by atoms with E-state index in [-0.39, 0.29) is 32.1 Å². The Balaban J connectivity index is 2.92. The van der Waals surface area contributed by atoms with Gasteiger partial charge >= 0.3 is 11.9 Å². The maximum atomic E-state index is 12.0. The molecule has 132 valence electrons. The van der Waals surface area contributed by atoms with Gasteiger partial charge in [0.25, 0.3) is 0 Å². The van der Waals surface area contributed by atoms with Gasteiger partial charge < -0.3 is 14.4 Å². The van der Waals surface area contributed by atoms with E-state index >= 15 is 0 Å². The highest BCUT2D eigenvalue weighted by atomic mass is 16.6. The van der Waals surface area contributed by atoms with Gasteiger partial charge in [-0.05, 0) is 38.8 Å². The van der Waals surface area contributed by atoms with E-state index in [0.29, 0.717) is 0 Å². The summed E-state index contributed by atoms with van der Waals surface area (Å²) >= 11 is 0. The van der Waals surface area contributed by atoms with Gasteiger partial charge in [-0.1, -0.05) is 18.2 Å². The van der Waals surface area contributed by atoms with E-state index < -0.39 is 17.9 Å². The molecule has 24 heavy (non-hydrogen) atoms. The van der Waals surface area contributed by atoms with E-state index in [2.05, 4.69) is 0 Å². The van der Waals surface area contributed by atoms with Crippen molar-refractivity contribution in [1.29, 1.82) is 0 Å². The van der Waals surface area contributed by atoms with Crippen LogP contribution in [0.4, 0.5) is 5.69 Å². The summed E-state index contributed by atoms with van der Waals surface area (Å²) in [7, 11) is 0. The SMILES string of the molecule is CCOC(=O)C(CCN(C(C)=O)c1ccccc1C)C(=O)OCC. The number of benzene rings is 1. The van der Waals surface area contributed by atoms with Crippen molar-refractivity contribution < 1.29 is 23.9 Å². The predicted molar refractivity (Wildman–Crippen MR) is 90.6 cm³/mol. The van der Waals surface area contributed by atoms with Crippen LogP contribution in [0.5, 0.6) is 0 Å². The maximum absolute atomic E-state index is 12.0. The molecule has 0 aliphatic rings. The Kier molecular flexibility index (Phi) is 7.95. The third-order valence-corrected chi connectivity index (χ3v) is 3.57. The van der Waals surface area contributed by atoms with Gasteiger partial charge in [-0.25, -0.2) is 0 Å². The molecule has 0 radical (unpaired) electrons. The fraction of sp³-hybridized carbons (Fsp3) is 0.500. The lowest BCUT2D eigenvalue weighted by molar-refractivity contribution is -0.161. The summed E-state index contributed by atoms with van der Waals surface area (Å²) in [5.41, 5.74) is 1.70. The van der Waals surface area contributed by atoms with Crippen LogP contribution in [-0.4, -0.2) is 37.6 Å². The zero-order chi connectivity index (χ0) is 18.1. The largest absolute Gasteiger partial charge is 0.465 e. The second kappa shape index (κ2) is 9.70. The molecule has 0 aromatic heterocycles. The van der Waals surface area contributed by atoms with Crippen molar-refractivity contribution in [1.82, 2.24) is 0 Å². The number of rotatable bonds is 8. The molecule has 0 atom stereocenters. The van der Waals surface area contributed by atoms with Gasteiger partial charge in [-0.3, -0.25) is 14.4 Å². The van der Waals surface area contributed by atoms with E-state index in [1.165, 1.54) is 6.92 Å². The second-order valence-corrected chi connectivity index (χ2v) is 5.30. The predicted octanol–water partition coefficient (Wildman–Crippen LogP) is 2.48. The van der Waals surface area contributed by atoms with E-state index in [0.717, 1.165) is 11.3 Å². The molecule has 0 aliphatic carbocycles. The lowest BCUT2D eigenvalue weighted by Crippen LogP contribution is -2.35. The highest BCUT2D eigenvalue weighted by Gasteiger charge is 2.30. The highest BCUT2D eigenvalue weighted by molar-refractivity contribution is 5.96. The first kappa shape index (κ1) is 19.7. The number of hydrogen-bond acceptors (Lipinski definition) is 5. The van der Waals surface area contributed by atoms with Crippen LogP contribution < -0.4 is 4.90 Å². The molecule has 0 saturated heterocycles. The van der Waals surface area contributed by atoms with Crippen LogP contribution in [0, 0.1) is 12.8 Å². The molecule has 1 aromatic carbocycles. The number of ether oxygens (including phenoxy) is 2. The normalized spacial score (nSPS) is 10.4. The summed E-state index contributed by atoms with van der Waals surface area (Å²) < 4.78 is 9.90. The third kappa shape index (κ3) is 5.37. The number of hydrogen-bond donors (Lipinski definition) is 0. The zero-order valence-corrected chi connectivity index (χ0v) is 14.7. The lowest BCUT2D eigenvalue weighted by Gasteiger charge is -2.24. The van der Waals surface area contributed by atoms with Crippen LogP contribution in [0.1, 0.15) is 32.8 Å². The monoisotopic (exact) mass is 335 g/mol. The molecular formula is C18H25NO5. The van der Waals surface area contributed by atoms with Gasteiger partial charge in [0.1, 0.15) is 0 Å². The van der Waals surface area contributed by atoms with Crippen molar-refractivity contribution in [3.05, 3.63) is 29.8 Å². The number of carbonyl (C=O) groups is 3. The molecule has 0 unspecified atom stereocenters. The Labute approximate surface area is 142 Å². The van der Waals surface area contributed by atoms with Crippen molar-refractivity contribution in [3.63, 3.8) is 0 Å². The third-order valence-electron chi connectivity index (χ3n) is 3.57. The average Bonchev–Trinajstić information content (AvgIpc) is 2.52. The quantitative estimate of drug-likeness (QED) is 0.539. The molecule has 1 rings (SSSR count). The number of carbonyl (C=O) groups excluding carboxylic acids is 3. The molecule has 0 N–H and O–H groups in total. The summed E-state index contributed by atoms with van der Waals surface area (Å²) in [6, 6.07) is 7.46. The van der Waals surface area contributed by atoms with E-state index in [1.807, 2.05) is 31.2 Å². The number of amides is 1. The Morgan fingerprint density at radius 3 is 2.04 bits per heavy atom. The molecule has 0 bridgehead atoms. The molecule has 6 heteroatoms. The molecule has 0 spiro atoms. The van der Waals surface area contributed by atoms with Crippen molar-refractivity contribution in [2.75, 3.05) is 24.7 Å². The van der Waals surface area contributed by atoms with Crippen LogP contribution in [0.2, 0.25) is 0 Å². The molecule has 6 nitrogen and oxygen atoms in total. The Morgan fingerprint density at radius 1 is 1.04 bits per heavy atom. The number of nitrogens with zero attached hydrogens (tertiary/aromatic N) is 1. The van der Waals surface area contributed by atoms with Crippen LogP contribution in [-0.2, 0) is 23.9 Å². The maximum Gasteiger partial charge on any atom is 0.320 e. The van der Waals surface area contributed by atoms with Crippen LogP contribution >= 0.6 is 0 Å². The van der Waals surface area contributed by atoms with Crippen molar-refractivity contribution in [2.24, 2.45) is 5.92 Å². The first-order valence-electron chi connectivity index (χ1n) is 8.09. The summed E-state index contributed by atoms with van der Waals surface area (Å²) in [6.07, 6.45) is 0.144. The molecule has 0 aliphatic heterocycles. The van der Waals surface area contributed by atoms with Crippen molar-refractivity contribution >= 4 is 23.5 Å². The smallest absolute Gasteiger partial charge is 0.320 e. The van der Waals surface area contributed by atoms with Crippen molar-refractivity contribution in [3.8, 4) is 0 Å². The van der Waals surface area contributed by atoms with Crippen LogP contribution in [0.15, 0.2) is 24.3 Å². The van der Waals surface area contributed by atoms with Crippen LogP contribution in [0.3, 0.4) is 0 Å². The highest BCUT2D eigenvalue weighted by Crippen LogP contribution is 2.21. The molecule has 1 amide bonds. The van der Waals surface area contributed by atoms with Gasteiger partial charge in [0, 0.05) is 19.2 Å². The first-order valence-corrected chi connectivity index (χ1v) is 8.09. The minimum absolute atomic E-state index is 0.144. The van der Waals surface area contributed by atoms with Gasteiger partial charge in [0.15, 0.2) is 5.92 Å². The summed E-state index contributed by atoms with van der Waals surface area (Å²) in [5, 5.41) is 0. The first-order chi connectivity index (χ1) is 11.4. The fourth-order valence-corrected chi connectivity index (χ4v) is 2.39. The standard InChI is InChI=1S/C18H25NO5/c1-5-23-17(21)15(18(22)24-6-2)11-12-19(14(4)20)16-10-8-7-9-13(16)3/h7-10,15H,5-6,11-12H2,1-4H3. The van der Waals surface area contributed by atoms with E-state index in [1.54, 1.807) is 18.7 Å². The number of anilines is 1. The summed E-state index contributed by atoms with van der Waals surface area (Å²) in [5.74, 6) is -2.43. The zero-order valence-electron chi connectivity index (χ0n) is 14.7. The molecule has 0 saturated carbocycles. The average molecular weight is 335 g/mol. The Bertz CT molecular complexity index is 567. The van der Waals surface area contributed by atoms with E-state index in [9.17, 15) is 14.4 Å². The number of aryl methyl sites for hydroxylation is 1. The van der Waals surface area contributed by atoms with Gasteiger partial charge in [-0.15, -0.1) is 0 Å². The van der Waals surface area contributed by atoms with E-state index in [4.69, 9.17) is 9.47 Å². The molecule has 1 aromatic rings. The molecule has 0 fully saturated rings. The minimum Gasteiger partial charge on any atom is -0.465 e. The minimum atomic E-state index is -1.03. The van der Waals surface area contributed by atoms with Crippen LogP contribution in [0.25, 0.3) is 0 Å². The second-order valence-electron chi connectivity index (χ2n) is 5.30. The lowest BCUT2D eigenvalue weighted by atomic mass is 10.0. The number of esters is 2.